The fourth-order valence-electron chi connectivity index (χ4n) is 1.38. The lowest BCUT2D eigenvalue weighted by Crippen LogP contribution is -2.25. The Kier molecular flexibility index (Phi) is 6.14. The highest BCUT2D eigenvalue weighted by Gasteiger charge is 2.05. The summed E-state index contributed by atoms with van der Waals surface area (Å²) in [7, 11) is 0. The molecule has 0 aromatic carbocycles. The molecule has 0 aliphatic heterocycles. The highest BCUT2D eigenvalue weighted by Crippen LogP contribution is 1.92. The Morgan fingerprint density at radius 1 is 1.33 bits per heavy atom. The topological polar surface area (TPSA) is 57.5 Å². The van der Waals surface area contributed by atoms with E-state index in [9.17, 15) is 9.59 Å². The third-order valence-corrected chi connectivity index (χ3v) is 2.29. The van der Waals surface area contributed by atoms with Gasteiger partial charge in [-0.25, -0.2) is 0 Å². The first-order valence-electron chi connectivity index (χ1n) is 6.04. The third kappa shape index (κ3) is 5.14. The fourth-order valence-corrected chi connectivity index (χ4v) is 1.38. The zero-order chi connectivity index (χ0) is 13.4. The van der Waals surface area contributed by atoms with Crippen molar-refractivity contribution in [2.24, 2.45) is 0 Å². The van der Waals surface area contributed by atoms with Crippen molar-refractivity contribution in [1.29, 1.82) is 0 Å². The Morgan fingerprint density at radius 3 is 2.78 bits per heavy atom. The highest BCUT2D eigenvalue weighted by molar-refractivity contribution is 5.69. The molecule has 1 rings (SSSR count). The minimum atomic E-state index is -0.430. The number of esters is 1. The smallest absolute Gasteiger partial charge is 0.326 e. The predicted molar refractivity (Wildman–Crippen MR) is 67.5 cm³/mol. The van der Waals surface area contributed by atoms with Crippen LogP contribution in [0.5, 0.6) is 0 Å². The van der Waals surface area contributed by atoms with E-state index in [1.807, 2.05) is 13.8 Å². The Morgan fingerprint density at radius 2 is 2.11 bits per heavy atom. The minimum Gasteiger partial charge on any atom is -0.462 e. The molecule has 0 saturated carbocycles. The molecule has 0 aliphatic carbocycles. The summed E-state index contributed by atoms with van der Waals surface area (Å²) in [5.74, 6) is -0.430. The Bertz CT molecular complexity index is 439. The zero-order valence-corrected chi connectivity index (χ0v) is 10.8. The molecule has 1 aromatic heterocycles. The summed E-state index contributed by atoms with van der Waals surface area (Å²) in [6.07, 6.45) is 2.53. The Balaban J connectivity index is 2.33. The van der Waals surface area contributed by atoms with Gasteiger partial charge in [0, 0.05) is 18.9 Å². The SMILES string of the molecule is CCCOCCOC(=O)Cn1ccc(C)cc1=O. The van der Waals surface area contributed by atoms with Gasteiger partial charge < -0.3 is 14.0 Å². The van der Waals surface area contributed by atoms with Crippen LogP contribution in [0.15, 0.2) is 23.1 Å². The molecule has 0 amide bonds. The number of hydrogen-bond donors (Lipinski definition) is 0. The summed E-state index contributed by atoms with van der Waals surface area (Å²) in [5.41, 5.74) is 0.673. The Hall–Kier alpha value is -1.62. The van der Waals surface area contributed by atoms with Gasteiger partial charge in [0.05, 0.1) is 6.61 Å². The van der Waals surface area contributed by atoms with Crippen LogP contribution < -0.4 is 5.56 Å². The second-order valence-corrected chi connectivity index (χ2v) is 4.00. The number of nitrogens with zero attached hydrogens (tertiary/aromatic N) is 1. The lowest BCUT2D eigenvalue weighted by Gasteiger charge is -2.07. The molecule has 5 heteroatoms. The van der Waals surface area contributed by atoms with E-state index < -0.39 is 5.97 Å². The first-order chi connectivity index (χ1) is 8.63. The van der Waals surface area contributed by atoms with E-state index in [1.54, 1.807) is 12.3 Å². The monoisotopic (exact) mass is 253 g/mol. The number of carbonyl (C=O) groups is 1. The van der Waals surface area contributed by atoms with E-state index in [0.717, 1.165) is 12.0 Å². The number of hydrogen-bond acceptors (Lipinski definition) is 4. The molecule has 0 saturated heterocycles. The largest absolute Gasteiger partial charge is 0.462 e. The molecular weight excluding hydrogens is 234 g/mol. The standard InChI is InChI=1S/C13H19NO4/c1-3-6-17-7-8-18-13(16)10-14-5-4-11(2)9-12(14)15/h4-5,9H,3,6-8,10H2,1-2H3. The maximum absolute atomic E-state index is 11.5. The van der Waals surface area contributed by atoms with Crippen LogP contribution in [0.25, 0.3) is 0 Å². The van der Waals surface area contributed by atoms with E-state index in [0.29, 0.717) is 13.2 Å². The van der Waals surface area contributed by atoms with E-state index in [2.05, 4.69) is 0 Å². The quantitative estimate of drug-likeness (QED) is 0.540. The zero-order valence-electron chi connectivity index (χ0n) is 10.8. The molecule has 0 atom stereocenters. The van der Waals surface area contributed by atoms with Gasteiger partial charge in [-0.15, -0.1) is 0 Å². The summed E-state index contributed by atoms with van der Waals surface area (Å²) in [5, 5.41) is 0. The summed E-state index contributed by atoms with van der Waals surface area (Å²) >= 11 is 0. The number of pyridine rings is 1. The normalized spacial score (nSPS) is 10.3. The van der Waals surface area contributed by atoms with Crippen LogP contribution in [0.2, 0.25) is 0 Å². The fraction of sp³-hybridized carbons (Fsp3) is 0.538. The van der Waals surface area contributed by atoms with Crippen molar-refractivity contribution in [2.45, 2.75) is 26.8 Å². The van der Waals surface area contributed by atoms with Gasteiger partial charge in [0.15, 0.2) is 0 Å². The Labute approximate surface area is 106 Å². The van der Waals surface area contributed by atoms with E-state index in [1.165, 1.54) is 10.6 Å². The molecule has 0 fully saturated rings. The molecule has 0 spiro atoms. The number of ether oxygens (including phenoxy) is 2. The third-order valence-electron chi connectivity index (χ3n) is 2.29. The number of carbonyl (C=O) groups excluding carboxylic acids is 1. The van der Waals surface area contributed by atoms with Crippen LogP contribution in [-0.4, -0.2) is 30.4 Å². The van der Waals surface area contributed by atoms with Crippen LogP contribution in [-0.2, 0) is 20.8 Å². The summed E-state index contributed by atoms with van der Waals surface area (Å²) < 4.78 is 11.5. The molecule has 0 aliphatic rings. The molecular formula is C13H19NO4. The summed E-state index contributed by atoms with van der Waals surface area (Å²) in [6.45, 7) is 5.05. The lowest BCUT2D eigenvalue weighted by molar-refractivity contribution is -0.146. The summed E-state index contributed by atoms with van der Waals surface area (Å²) in [6, 6.07) is 3.26. The molecule has 1 aromatic rings. The van der Waals surface area contributed by atoms with Gasteiger partial charge in [-0.05, 0) is 25.0 Å². The van der Waals surface area contributed by atoms with Crippen LogP contribution in [0.4, 0.5) is 0 Å². The van der Waals surface area contributed by atoms with Gasteiger partial charge in [-0.3, -0.25) is 9.59 Å². The molecule has 0 radical (unpaired) electrons. The van der Waals surface area contributed by atoms with Gasteiger partial charge in [0.2, 0.25) is 0 Å². The van der Waals surface area contributed by atoms with Crippen molar-refractivity contribution < 1.29 is 14.3 Å². The predicted octanol–water partition coefficient (Wildman–Crippen LogP) is 1.13. The van der Waals surface area contributed by atoms with E-state index in [4.69, 9.17) is 9.47 Å². The van der Waals surface area contributed by atoms with Gasteiger partial charge in [0.25, 0.3) is 5.56 Å². The van der Waals surface area contributed by atoms with Crippen LogP contribution in [0.1, 0.15) is 18.9 Å². The minimum absolute atomic E-state index is 0.0626. The second kappa shape index (κ2) is 7.66. The van der Waals surface area contributed by atoms with E-state index in [-0.39, 0.29) is 18.7 Å². The lowest BCUT2D eigenvalue weighted by atomic mass is 10.3. The van der Waals surface area contributed by atoms with Crippen LogP contribution in [0.3, 0.4) is 0 Å². The van der Waals surface area contributed by atoms with Crippen molar-refractivity contribution in [3.63, 3.8) is 0 Å². The van der Waals surface area contributed by atoms with Gasteiger partial charge in [0.1, 0.15) is 13.2 Å². The average molecular weight is 253 g/mol. The second-order valence-electron chi connectivity index (χ2n) is 4.00. The van der Waals surface area contributed by atoms with Gasteiger partial charge in [-0.2, -0.15) is 0 Å². The number of aromatic nitrogens is 1. The van der Waals surface area contributed by atoms with Gasteiger partial charge in [-0.1, -0.05) is 6.92 Å². The van der Waals surface area contributed by atoms with E-state index >= 15 is 0 Å². The van der Waals surface area contributed by atoms with Crippen molar-refractivity contribution in [3.05, 3.63) is 34.2 Å². The first kappa shape index (κ1) is 14.4. The number of aryl methyl sites for hydroxylation is 1. The van der Waals surface area contributed by atoms with Crippen molar-refractivity contribution >= 4 is 5.97 Å². The maximum atomic E-state index is 11.5. The maximum Gasteiger partial charge on any atom is 0.326 e. The van der Waals surface area contributed by atoms with Crippen LogP contribution >= 0.6 is 0 Å². The number of rotatable bonds is 7. The highest BCUT2D eigenvalue weighted by atomic mass is 16.6. The van der Waals surface area contributed by atoms with Crippen molar-refractivity contribution in [3.8, 4) is 0 Å². The first-order valence-corrected chi connectivity index (χ1v) is 6.04. The van der Waals surface area contributed by atoms with Crippen molar-refractivity contribution in [1.82, 2.24) is 4.57 Å². The molecule has 100 valence electrons. The van der Waals surface area contributed by atoms with Crippen molar-refractivity contribution in [2.75, 3.05) is 19.8 Å². The molecule has 18 heavy (non-hydrogen) atoms. The van der Waals surface area contributed by atoms with Gasteiger partial charge >= 0.3 is 5.97 Å². The molecule has 1 heterocycles. The average Bonchev–Trinajstić information content (AvgIpc) is 2.32. The molecule has 5 nitrogen and oxygen atoms in total. The van der Waals surface area contributed by atoms with Crippen LogP contribution in [0, 0.1) is 6.92 Å². The summed E-state index contributed by atoms with van der Waals surface area (Å²) in [4.78, 5) is 23.0. The molecule has 0 unspecified atom stereocenters. The molecule has 0 N–H and O–H groups in total. The molecule has 0 bridgehead atoms.